The quantitative estimate of drug-likeness (QED) is 0.423. The zero-order valence-electron chi connectivity index (χ0n) is 19.1. The molecule has 0 amide bonds. The molecular formula is C23H23F3N8. The van der Waals surface area contributed by atoms with Crippen molar-refractivity contribution >= 4 is 5.82 Å². The summed E-state index contributed by atoms with van der Waals surface area (Å²) in [5, 5.41) is 8.69. The van der Waals surface area contributed by atoms with E-state index >= 15 is 0 Å². The zero-order valence-corrected chi connectivity index (χ0v) is 19.1. The molecule has 4 heterocycles. The number of hydrogen-bond acceptors (Lipinski definition) is 6. The first-order valence-electron chi connectivity index (χ1n) is 11.0. The summed E-state index contributed by atoms with van der Waals surface area (Å²) < 4.78 is 42.6. The molecule has 0 aliphatic carbocycles. The number of hydrogen-bond donors (Lipinski definition) is 0. The monoisotopic (exact) mass is 468 g/mol. The van der Waals surface area contributed by atoms with Crippen LogP contribution in [0.15, 0.2) is 42.9 Å². The summed E-state index contributed by atoms with van der Waals surface area (Å²) in [6.45, 7) is 8.18. The van der Waals surface area contributed by atoms with Crippen LogP contribution in [0.2, 0.25) is 0 Å². The summed E-state index contributed by atoms with van der Waals surface area (Å²) >= 11 is 0. The van der Waals surface area contributed by atoms with Crippen molar-refractivity contribution in [2.24, 2.45) is 0 Å². The van der Waals surface area contributed by atoms with Gasteiger partial charge in [0, 0.05) is 24.0 Å². The molecule has 0 saturated heterocycles. The van der Waals surface area contributed by atoms with E-state index in [4.69, 9.17) is 4.98 Å². The molecule has 8 nitrogen and oxygen atoms in total. The fraction of sp³-hybridized carbons (Fsp3) is 0.348. The number of aryl methyl sites for hydroxylation is 1. The second-order valence-corrected chi connectivity index (χ2v) is 8.44. The maximum atomic E-state index is 13.0. The number of nitrogens with zero attached hydrogens (tertiary/aromatic N) is 8. The second kappa shape index (κ2) is 7.93. The molecule has 11 heteroatoms. The van der Waals surface area contributed by atoms with E-state index in [1.807, 2.05) is 11.5 Å². The Hall–Kier alpha value is -3.76. The van der Waals surface area contributed by atoms with Crippen molar-refractivity contribution < 1.29 is 13.2 Å². The Morgan fingerprint density at radius 1 is 1.06 bits per heavy atom. The van der Waals surface area contributed by atoms with Crippen LogP contribution in [0.1, 0.15) is 50.4 Å². The largest absolute Gasteiger partial charge is 0.416 e. The Kier molecular flexibility index (Phi) is 5.14. The number of imidazole rings is 1. The highest BCUT2D eigenvalue weighted by atomic mass is 19.4. The van der Waals surface area contributed by atoms with Gasteiger partial charge in [-0.2, -0.15) is 18.2 Å². The van der Waals surface area contributed by atoms with Crippen LogP contribution in [0.3, 0.4) is 0 Å². The van der Waals surface area contributed by atoms with Crippen molar-refractivity contribution in [1.29, 1.82) is 0 Å². The first-order valence-corrected chi connectivity index (χ1v) is 11.0. The van der Waals surface area contributed by atoms with Gasteiger partial charge in [-0.1, -0.05) is 19.1 Å². The van der Waals surface area contributed by atoms with Crippen LogP contribution in [-0.2, 0) is 6.18 Å². The molecule has 1 aliphatic heterocycles. The van der Waals surface area contributed by atoms with Crippen molar-refractivity contribution in [3.05, 3.63) is 60.1 Å². The molecule has 1 aliphatic rings. The van der Waals surface area contributed by atoms with Gasteiger partial charge in [0.1, 0.15) is 17.3 Å². The third kappa shape index (κ3) is 3.42. The molecule has 1 atom stereocenters. The number of halogens is 3. The number of benzene rings is 1. The average Bonchev–Trinajstić information content (AvgIpc) is 3.44. The van der Waals surface area contributed by atoms with Gasteiger partial charge in [0.2, 0.25) is 5.95 Å². The van der Waals surface area contributed by atoms with Crippen molar-refractivity contribution in [2.75, 3.05) is 4.90 Å². The molecule has 0 spiro atoms. The van der Waals surface area contributed by atoms with Crippen molar-refractivity contribution in [1.82, 2.24) is 34.3 Å². The van der Waals surface area contributed by atoms with Crippen LogP contribution >= 0.6 is 0 Å². The molecule has 176 valence electrons. The van der Waals surface area contributed by atoms with Gasteiger partial charge in [-0.05, 0) is 39.3 Å². The third-order valence-electron chi connectivity index (χ3n) is 5.98. The number of alkyl halides is 3. The van der Waals surface area contributed by atoms with Crippen molar-refractivity contribution in [3.63, 3.8) is 0 Å². The highest BCUT2D eigenvalue weighted by molar-refractivity contribution is 5.64. The summed E-state index contributed by atoms with van der Waals surface area (Å²) in [4.78, 5) is 16.0. The summed E-state index contributed by atoms with van der Waals surface area (Å²) in [7, 11) is 0. The Balaban J connectivity index is 1.62. The van der Waals surface area contributed by atoms with Gasteiger partial charge in [-0.25, -0.2) is 9.97 Å². The first-order chi connectivity index (χ1) is 16.2. The highest BCUT2D eigenvalue weighted by Gasteiger charge is 2.36. The molecule has 0 bridgehead atoms. The topological polar surface area (TPSA) is 77.5 Å². The lowest BCUT2D eigenvalue weighted by Gasteiger charge is -2.39. The Labute approximate surface area is 194 Å². The first kappa shape index (κ1) is 22.1. The van der Waals surface area contributed by atoms with E-state index in [0.29, 0.717) is 17.3 Å². The van der Waals surface area contributed by atoms with Crippen molar-refractivity contribution in [3.8, 4) is 23.0 Å². The van der Waals surface area contributed by atoms with Crippen LogP contribution < -0.4 is 4.90 Å². The lowest BCUT2D eigenvalue weighted by Crippen LogP contribution is -2.40. The van der Waals surface area contributed by atoms with Crippen LogP contribution in [0.25, 0.3) is 23.0 Å². The Morgan fingerprint density at radius 2 is 1.79 bits per heavy atom. The summed E-state index contributed by atoms with van der Waals surface area (Å²) in [6.07, 6.45) is 1.42. The van der Waals surface area contributed by atoms with E-state index in [1.54, 1.807) is 23.2 Å². The zero-order chi connectivity index (χ0) is 24.2. The van der Waals surface area contributed by atoms with Crippen LogP contribution in [0.4, 0.5) is 19.0 Å². The van der Waals surface area contributed by atoms with E-state index < -0.39 is 11.7 Å². The molecular weight excluding hydrogens is 445 g/mol. The van der Waals surface area contributed by atoms with E-state index in [1.165, 1.54) is 12.1 Å². The molecule has 0 radical (unpaired) electrons. The number of aromatic nitrogens is 7. The minimum atomic E-state index is -4.40. The maximum absolute atomic E-state index is 13.0. The molecule has 34 heavy (non-hydrogen) atoms. The Morgan fingerprint density at radius 3 is 2.44 bits per heavy atom. The van der Waals surface area contributed by atoms with E-state index in [9.17, 15) is 13.2 Å². The SMILES string of the molecule is CCC1c2nnc(C)n2-c2cnc(-n3ccnc3-c3ccc(C(F)(F)F)cc3)nc2N1C(C)C. The minimum Gasteiger partial charge on any atom is -0.342 e. The normalized spacial score (nSPS) is 15.5. The van der Waals surface area contributed by atoms with E-state index in [0.717, 1.165) is 41.7 Å². The molecule has 3 aromatic heterocycles. The molecule has 1 aromatic carbocycles. The van der Waals surface area contributed by atoms with Gasteiger partial charge in [0.25, 0.3) is 0 Å². The lowest BCUT2D eigenvalue weighted by atomic mass is 10.1. The van der Waals surface area contributed by atoms with Crippen molar-refractivity contribution in [2.45, 2.75) is 52.4 Å². The van der Waals surface area contributed by atoms with Crippen LogP contribution in [-0.4, -0.2) is 40.3 Å². The smallest absolute Gasteiger partial charge is 0.342 e. The number of fused-ring (bicyclic) bond motifs is 3. The summed E-state index contributed by atoms with van der Waals surface area (Å²) in [5.74, 6) is 3.18. The molecule has 0 fully saturated rings. The van der Waals surface area contributed by atoms with Gasteiger partial charge in [0.05, 0.1) is 17.8 Å². The standard InChI is InChI=1S/C23H23F3N8/c1-5-17-21-31-30-14(4)34(21)18-12-28-22(29-20(18)33(17)13(2)3)32-11-10-27-19(32)15-6-8-16(9-7-15)23(24,25)26/h6-13,17H,5H2,1-4H3. The fourth-order valence-electron chi connectivity index (χ4n) is 4.46. The highest BCUT2D eigenvalue weighted by Crippen LogP contribution is 2.40. The van der Waals surface area contributed by atoms with Gasteiger partial charge in [-0.3, -0.25) is 9.13 Å². The predicted octanol–water partition coefficient (Wildman–Crippen LogP) is 4.92. The number of anilines is 1. The van der Waals surface area contributed by atoms with Crippen LogP contribution in [0.5, 0.6) is 0 Å². The lowest BCUT2D eigenvalue weighted by molar-refractivity contribution is -0.137. The fourth-order valence-corrected chi connectivity index (χ4v) is 4.46. The molecule has 5 rings (SSSR count). The molecule has 4 aromatic rings. The number of rotatable bonds is 4. The maximum Gasteiger partial charge on any atom is 0.416 e. The van der Waals surface area contributed by atoms with E-state index in [-0.39, 0.29) is 12.1 Å². The summed E-state index contributed by atoms with van der Waals surface area (Å²) in [5.41, 5.74) is 0.608. The second-order valence-electron chi connectivity index (χ2n) is 8.44. The minimum absolute atomic E-state index is 0.00591. The predicted molar refractivity (Wildman–Crippen MR) is 120 cm³/mol. The van der Waals surface area contributed by atoms with Gasteiger partial charge in [-0.15, -0.1) is 10.2 Å². The molecule has 0 saturated carbocycles. The van der Waals surface area contributed by atoms with Gasteiger partial charge < -0.3 is 4.90 Å². The van der Waals surface area contributed by atoms with Gasteiger partial charge >= 0.3 is 6.18 Å². The van der Waals surface area contributed by atoms with E-state index in [2.05, 4.69) is 45.8 Å². The summed E-state index contributed by atoms with van der Waals surface area (Å²) in [6, 6.07) is 5.03. The third-order valence-corrected chi connectivity index (χ3v) is 5.98. The molecule has 0 N–H and O–H groups in total. The van der Waals surface area contributed by atoms with Gasteiger partial charge in [0.15, 0.2) is 11.6 Å². The Bertz CT molecular complexity index is 1340. The average molecular weight is 468 g/mol. The molecule has 1 unspecified atom stereocenters. The van der Waals surface area contributed by atoms with Crippen LogP contribution in [0, 0.1) is 6.92 Å².